The van der Waals surface area contributed by atoms with E-state index in [0.717, 1.165) is 24.6 Å². The minimum absolute atomic E-state index is 0.508. The first-order valence-electron chi connectivity index (χ1n) is 7.17. The van der Waals surface area contributed by atoms with Crippen LogP contribution in [0.2, 0.25) is 5.15 Å². The normalized spacial score (nSPS) is 21.9. The van der Waals surface area contributed by atoms with Gasteiger partial charge in [0.15, 0.2) is 11.0 Å². The SMILES string of the molecule is CNc1c(Cl)ncnc1N1CCC2(CCCC2)CC1. The Kier molecular flexibility index (Phi) is 3.52. The van der Waals surface area contributed by atoms with E-state index in [0.29, 0.717) is 10.6 Å². The highest BCUT2D eigenvalue weighted by atomic mass is 35.5. The molecule has 5 heteroatoms. The average Bonchev–Trinajstić information content (AvgIpc) is 2.88. The maximum atomic E-state index is 6.13. The minimum Gasteiger partial charge on any atom is -0.383 e. The van der Waals surface area contributed by atoms with Crippen LogP contribution >= 0.6 is 11.6 Å². The van der Waals surface area contributed by atoms with Gasteiger partial charge in [0.05, 0.1) is 0 Å². The van der Waals surface area contributed by atoms with E-state index in [1.165, 1.54) is 38.5 Å². The van der Waals surface area contributed by atoms with Gasteiger partial charge in [-0.1, -0.05) is 24.4 Å². The molecule has 0 aromatic carbocycles. The highest BCUT2D eigenvalue weighted by molar-refractivity contribution is 6.32. The Hall–Kier alpha value is -1.03. The van der Waals surface area contributed by atoms with Gasteiger partial charge in [0.2, 0.25) is 0 Å². The molecular weight excluding hydrogens is 260 g/mol. The number of nitrogens with zero attached hydrogens (tertiary/aromatic N) is 3. The summed E-state index contributed by atoms with van der Waals surface area (Å²) in [4.78, 5) is 10.8. The van der Waals surface area contributed by atoms with Crippen LogP contribution in [0.1, 0.15) is 38.5 Å². The summed E-state index contributed by atoms with van der Waals surface area (Å²) in [6.07, 6.45) is 9.81. The van der Waals surface area contributed by atoms with Gasteiger partial charge in [0.1, 0.15) is 12.0 Å². The Balaban J connectivity index is 1.76. The third kappa shape index (κ3) is 2.38. The molecule has 1 aromatic heterocycles. The topological polar surface area (TPSA) is 41.1 Å². The number of rotatable bonds is 2. The van der Waals surface area contributed by atoms with E-state index in [9.17, 15) is 0 Å². The molecule has 1 saturated heterocycles. The first-order valence-corrected chi connectivity index (χ1v) is 7.55. The van der Waals surface area contributed by atoms with Crippen molar-refractivity contribution in [3.8, 4) is 0 Å². The quantitative estimate of drug-likeness (QED) is 0.844. The molecule has 0 radical (unpaired) electrons. The molecule has 0 unspecified atom stereocenters. The molecule has 1 N–H and O–H groups in total. The van der Waals surface area contributed by atoms with E-state index in [1.807, 2.05) is 7.05 Å². The summed E-state index contributed by atoms with van der Waals surface area (Å²) in [7, 11) is 1.87. The van der Waals surface area contributed by atoms with Crippen molar-refractivity contribution in [1.82, 2.24) is 9.97 Å². The second-order valence-electron chi connectivity index (χ2n) is 5.81. The fraction of sp³-hybridized carbons (Fsp3) is 0.714. The van der Waals surface area contributed by atoms with Gasteiger partial charge in [-0.05, 0) is 31.1 Å². The predicted molar refractivity (Wildman–Crippen MR) is 78.9 cm³/mol. The summed E-state index contributed by atoms with van der Waals surface area (Å²) in [5.74, 6) is 0.954. The van der Waals surface area contributed by atoms with Crippen molar-refractivity contribution in [2.75, 3.05) is 30.4 Å². The van der Waals surface area contributed by atoms with Gasteiger partial charge in [-0.15, -0.1) is 0 Å². The van der Waals surface area contributed by atoms with Crippen molar-refractivity contribution in [2.24, 2.45) is 5.41 Å². The monoisotopic (exact) mass is 280 g/mol. The van der Waals surface area contributed by atoms with E-state index in [2.05, 4.69) is 20.2 Å². The molecule has 1 aromatic rings. The molecule has 3 rings (SSSR count). The number of aromatic nitrogens is 2. The van der Waals surface area contributed by atoms with Crippen molar-refractivity contribution < 1.29 is 0 Å². The first kappa shape index (κ1) is 13.0. The molecular formula is C14H21ClN4. The summed E-state index contributed by atoms with van der Waals surface area (Å²) in [6.45, 7) is 2.17. The third-order valence-corrected chi connectivity index (χ3v) is 5.11. The van der Waals surface area contributed by atoms with Gasteiger partial charge >= 0.3 is 0 Å². The average molecular weight is 281 g/mol. The van der Waals surface area contributed by atoms with E-state index < -0.39 is 0 Å². The van der Waals surface area contributed by atoms with Gasteiger partial charge in [0, 0.05) is 20.1 Å². The van der Waals surface area contributed by atoms with E-state index in [4.69, 9.17) is 11.6 Å². The molecule has 0 atom stereocenters. The number of anilines is 2. The molecule has 4 nitrogen and oxygen atoms in total. The van der Waals surface area contributed by atoms with E-state index in [1.54, 1.807) is 6.33 Å². The van der Waals surface area contributed by atoms with Gasteiger partial charge in [-0.3, -0.25) is 0 Å². The van der Waals surface area contributed by atoms with Crippen molar-refractivity contribution >= 4 is 23.1 Å². The molecule has 0 amide bonds. The highest BCUT2D eigenvalue weighted by Crippen LogP contribution is 2.47. The predicted octanol–water partition coefficient (Wildman–Crippen LogP) is 3.33. The number of hydrogen-bond acceptors (Lipinski definition) is 4. The number of hydrogen-bond donors (Lipinski definition) is 1. The van der Waals surface area contributed by atoms with Crippen LogP contribution < -0.4 is 10.2 Å². The zero-order valence-electron chi connectivity index (χ0n) is 11.5. The van der Waals surface area contributed by atoms with Crippen LogP contribution in [0, 0.1) is 5.41 Å². The molecule has 2 heterocycles. The van der Waals surface area contributed by atoms with Crippen LogP contribution in [0.15, 0.2) is 6.33 Å². The Morgan fingerprint density at radius 2 is 1.84 bits per heavy atom. The molecule has 1 saturated carbocycles. The second-order valence-corrected chi connectivity index (χ2v) is 6.17. The smallest absolute Gasteiger partial charge is 0.157 e. The number of piperidine rings is 1. The van der Waals surface area contributed by atoms with Crippen LogP contribution in [-0.4, -0.2) is 30.1 Å². The van der Waals surface area contributed by atoms with Crippen LogP contribution in [0.5, 0.6) is 0 Å². The third-order valence-electron chi connectivity index (χ3n) is 4.82. The molecule has 1 spiro atoms. The zero-order valence-corrected chi connectivity index (χ0v) is 12.2. The van der Waals surface area contributed by atoms with Gasteiger partial charge in [-0.2, -0.15) is 0 Å². The van der Waals surface area contributed by atoms with E-state index in [-0.39, 0.29) is 0 Å². The van der Waals surface area contributed by atoms with Gasteiger partial charge < -0.3 is 10.2 Å². The lowest BCUT2D eigenvalue weighted by atomic mass is 9.77. The Morgan fingerprint density at radius 1 is 1.16 bits per heavy atom. The number of halogens is 1. The molecule has 2 aliphatic rings. The van der Waals surface area contributed by atoms with Crippen molar-refractivity contribution in [3.63, 3.8) is 0 Å². The Bertz CT molecular complexity index is 447. The zero-order chi connectivity index (χ0) is 13.3. The van der Waals surface area contributed by atoms with Gasteiger partial charge in [0.25, 0.3) is 0 Å². The maximum absolute atomic E-state index is 6.13. The fourth-order valence-corrected chi connectivity index (χ4v) is 3.85. The van der Waals surface area contributed by atoms with Crippen molar-refractivity contribution in [3.05, 3.63) is 11.5 Å². The van der Waals surface area contributed by atoms with Crippen LogP contribution in [0.4, 0.5) is 11.5 Å². The maximum Gasteiger partial charge on any atom is 0.157 e. The lowest BCUT2D eigenvalue weighted by molar-refractivity contribution is 0.226. The van der Waals surface area contributed by atoms with Crippen molar-refractivity contribution in [1.29, 1.82) is 0 Å². The van der Waals surface area contributed by atoms with Crippen LogP contribution in [-0.2, 0) is 0 Å². The molecule has 1 aliphatic heterocycles. The molecule has 104 valence electrons. The summed E-state index contributed by atoms with van der Waals surface area (Å²) >= 11 is 6.13. The van der Waals surface area contributed by atoms with Crippen LogP contribution in [0.3, 0.4) is 0 Å². The minimum atomic E-state index is 0.508. The Labute approximate surface area is 119 Å². The molecule has 19 heavy (non-hydrogen) atoms. The first-order chi connectivity index (χ1) is 9.24. The van der Waals surface area contributed by atoms with E-state index >= 15 is 0 Å². The standard InChI is InChI=1S/C14H21ClN4/c1-16-11-12(15)17-10-18-13(11)19-8-6-14(7-9-19)4-2-3-5-14/h10,16H,2-9H2,1H3. The lowest BCUT2D eigenvalue weighted by Gasteiger charge is -2.40. The molecule has 2 fully saturated rings. The summed E-state index contributed by atoms with van der Waals surface area (Å²) in [5.41, 5.74) is 1.49. The largest absolute Gasteiger partial charge is 0.383 e. The lowest BCUT2D eigenvalue weighted by Crippen LogP contribution is -2.39. The summed E-state index contributed by atoms with van der Waals surface area (Å²) in [5, 5.41) is 3.63. The summed E-state index contributed by atoms with van der Waals surface area (Å²) in [6, 6.07) is 0. The summed E-state index contributed by atoms with van der Waals surface area (Å²) < 4.78 is 0. The molecule has 0 bridgehead atoms. The second kappa shape index (κ2) is 5.16. The van der Waals surface area contributed by atoms with Crippen molar-refractivity contribution in [2.45, 2.75) is 38.5 Å². The number of nitrogens with one attached hydrogen (secondary N) is 1. The van der Waals surface area contributed by atoms with Crippen LogP contribution in [0.25, 0.3) is 0 Å². The highest BCUT2D eigenvalue weighted by Gasteiger charge is 2.37. The Morgan fingerprint density at radius 3 is 2.47 bits per heavy atom. The fourth-order valence-electron chi connectivity index (χ4n) is 3.63. The van der Waals surface area contributed by atoms with Gasteiger partial charge in [-0.25, -0.2) is 9.97 Å². The molecule has 1 aliphatic carbocycles.